The Morgan fingerprint density at radius 2 is 1.83 bits per heavy atom. The van der Waals surface area contributed by atoms with Gasteiger partial charge in [0, 0.05) is 36.0 Å². The van der Waals surface area contributed by atoms with Crippen molar-refractivity contribution in [1.29, 1.82) is 0 Å². The van der Waals surface area contributed by atoms with E-state index in [9.17, 15) is 13.2 Å². The predicted molar refractivity (Wildman–Crippen MR) is 135 cm³/mol. The van der Waals surface area contributed by atoms with E-state index in [2.05, 4.69) is 14.7 Å². The molecular weight excluding hydrogens is 486 g/mol. The lowest BCUT2D eigenvalue weighted by Crippen LogP contribution is -2.39. The number of piperidine rings is 1. The molecule has 0 unspecified atom stereocenters. The van der Waals surface area contributed by atoms with E-state index in [1.165, 1.54) is 18.6 Å². The van der Waals surface area contributed by atoms with Crippen LogP contribution >= 0.6 is 11.6 Å². The SMILES string of the molecule is O=C(Cn1ccc2ccc(Cl)cc21)N1CCC(c2ccc(S(=O)(=O)Nc3ccncn3)cc2)CC1. The van der Waals surface area contributed by atoms with Gasteiger partial charge in [0.25, 0.3) is 10.0 Å². The van der Waals surface area contributed by atoms with Gasteiger partial charge in [-0.2, -0.15) is 0 Å². The minimum absolute atomic E-state index is 0.0816. The molecule has 1 N–H and O–H groups in total. The minimum atomic E-state index is -3.73. The number of carbonyl (C=O) groups is 1. The highest BCUT2D eigenvalue weighted by Gasteiger charge is 2.25. The van der Waals surface area contributed by atoms with Gasteiger partial charge in [-0.3, -0.25) is 9.52 Å². The first-order valence-electron chi connectivity index (χ1n) is 11.3. The maximum atomic E-state index is 12.9. The summed E-state index contributed by atoms with van der Waals surface area (Å²) in [6.45, 7) is 1.61. The normalized spacial score (nSPS) is 14.8. The molecule has 2 aromatic carbocycles. The minimum Gasteiger partial charge on any atom is -0.341 e. The summed E-state index contributed by atoms with van der Waals surface area (Å²) in [5, 5.41) is 1.70. The van der Waals surface area contributed by atoms with Crippen LogP contribution < -0.4 is 4.72 Å². The monoisotopic (exact) mass is 509 g/mol. The summed E-state index contributed by atoms with van der Waals surface area (Å²) in [5.41, 5.74) is 2.02. The first-order chi connectivity index (χ1) is 16.9. The Kier molecular flexibility index (Phi) is 6.44. The summed E-state index contributed by atoms with van der Waals surface area (Å²) in [4.78, 5) is 22.7. The Morgan fingerprint density at radius 3 is 2.54 bits per heavy atom. The lowest BCUT2D eigenvalue weighted by atomic mass is 9.89. The zero-order valence-corrected chi connectivity index (χ0v) is 20.4. The fourth-order valence-corrected chi connectivity index (χ4v) is 5.64. The molecule has 5 rings (SSSR count). The van der Waals surface area contributed by atoms with Crippen molar-refractivity contribution in [3.05, 3.63) is 83.9 Å². The third-order valence-electron chi connectivity index (χ3n) is 6.37. The quantitative estimate of drug-likeness (QED) is 0.418. The molecule has 1 aliphatic heterocycles. The van der Waals surface area contributed by atoms with Crippen molar-refractivity contribution in [2.45, 2.75) is 30.2 Å². The molecule has 0 aliphatic carbocycles. The Balaban J connectivity index is 1.19. The van der Waals surface area contributed by atoms with Crippen molar-refractivity contribution in [3.63, 3.8) is 0 Å². The Morgan fingerprint density at radius 1 is 1.06 bits per heavy atom. The van der Waals surface area contributed by atoms with E-state index in [4.69, 9.17) is 11.6 Å². The molecule has 0 radical (unpaired) electrons. The third kappa shape index (κ3) is 5.16. The van der Waals surface area contributed by atoms with Crippen LogP contribution in [-0.4, -0.2) is 46.8 Å². The van der Waals surface area contributed by atoms with Crippen molar-refractivity contribution in [1.82, 2.24) is 19.4 Å². The van der Waals surface area contributed by atoms with Crippen LogP contribution in [0.5, 0.6) is 0 Å². The van der Waals surface area contributed by atoms with Gasteiger partial charge in [-0.05, 0) is 66.1 Å². The van der Waals surface area contributed by atoms with Gasteiger partial charge in [0.2, 0.25) is 5.91 Å². The molecular formula is C25H24ClN5O3S. The van der Waals surface area contributed by atoms with Crippen molar-refractivity contribution >= 4 is 44.3 Å². The van der Waals surface area contributed by atoms with E-state index in [-0.39, 0.29) is 29.1 Å². The number of aromatic nitrogens is 3. The second kappa shape index (κ2) is 9.67. The van der Waals surface area contributed by atoms with Gasteiger partial charge in [-0.25, -0.2) is 18.4 Å². The van der Waals surface area contributed by atoms with Gasteiger partial charge in [0.05, 0.1) is 4.90 Å². The number of nitrogens with zero attached hydrogens (tertiary/aromatic N) is 4. The maximum absolute atomic E-state index is 12.9. The molecule has 2 aromatic heterocycles. The average Bonchev–Trinajstić information content (AvgIpc) is 3.26. The predicted octanol–water partition coefficient (Wildman–Crippen LogP) is 4.29. The fraction of sp³-hybridized carbons (Fsp3) is 0.240. The molecule has 1 saturated heterocycles. The molecule has 1 fully saturated rings. The fourth-order valence-electron chi connectivity index (χ4n) is 4.47. The number of hydrogen-bond donors (Lipinski definition) is 1. The standard InChI is InChI=1S/C25H24ClN5O3S/c26-21-4-1-20-10-14-31(23(20)15-21)16-25(32)30-12-8-19(9-13-30)18-2-5-22(6-3-18)35(33,34)29-24-7-11-27-17-28-24/h1-7,10-11,14-15,17,19H,8-9,12-13,16H2,(H,27,28,29). The summed E-state index contributed by atoms with van der Waals surface area (Å²) in [7, 11) is -3.73. The first kappa shape index (κ1) is 23.3. The van der Waals surface area contributed by atoms with Gasteiger partial charge >= 0.3 is 0 Å². The molecule has 10 heteroatoms. The first-order valence-corrected chi connectivity index (χ1v) is 13.2. The summed E-state index contributed by atoms with van der Waals surface area (Å²) < 4.78 is 29.6. The number of anilines is 1. The highest BCUT2D eigenvalue weighted by Crippen LogP contribution is 2.29. The van der Waals surface area contributed by atoms with E-state index >= 15 is 0 Å². The molecule has 1 aliphatic rings. The topological polar surface area (TPSA) is 97.2 Å². The van der Waals surface area contributed by atoms with Gasteiger partial charge in [-0.1, -0.05) is 29.8 Å². The lowest BCUT2D eigenvalue weighted by Gasteiger charge is -2.32. The molecule has 1 amide bonds. The van der Waals surface area contributed by atoms with Crippen molar-refractivity contribution in [3.8, 4) is 0 Å². The number of benzene rings is 2. The van der Waals surface area contributed by atoms with Crippen LogP contribution in [-0.2, 0) is 21.4 Å². The van der Waals surface area contributed by atoms with Crippen LogP contribution in [0.25, 0.3) is 10.9 Å². The summed E-state index contributed by atoms with van der Waals surface area (Å²) in [5.74, 6) is 0.576. The summed E-state index contributed by atoms with van der Waals surface area (Å²) in [6, 6.07) is 16.1. The van der Waals surface area contributed by atoms with Crippen LogP contribution in [0, 0.1) is 0 Å². The van der Waals surface area contributed by atoms with Crippen molar-refractivity contribution < 1.29 is 13.2 Å². The molecule has 8 nitrogen and oxygen atoms in total. The van der Waals surface area contributed by atoms with Crippen LogP contribution in [0.3, 0.4) is 0 Å². The van der Waals surface area contributed by atoms with Crippen molar-refractivity contribution in [2.24, 2.45) is 0 Å². The molecule has 3 heterocycles. The second-order valence-corrected chi connectivity index (χ2v) is 10.7. The van der Waals surface area contributed by atoms with Crippen molar-refractivity contribution in [2.75, 3.05) is 17.8 Å². The molecule has 0 spiro atoms. The number of amides is 1. The van der Waals surface area contributed by atoms with E-state index in [0.717, 1.165) is 29.3 Å². The van der Waals surface area contributed by atoms with E-state index in [1.54, 1.807) is 12.1 Å². The smallest absolute Gasteiger partial charge is 0.263 e. The molecule has 0 atom stereocenters. The average molecular weight is 510 g/mol. The molecule has 4 aromatic rings. The van der Waals surface area contributed by atoms with Crippen LogP contribution in [0.2, 0.25) is 5.02 Å². The van der Waals surface area contributed by atoms with Gasteiger partial charge in [-0.15, -0.1) is 0 Å². The zero-order chi connectivity index (χ0) is 24.4. The van der Waals surface area contributed by atoms with E-state index in [1.807, 2.05) is 52.1 Å². The molecule has 180 valence electrons. The largest absolute Gasteiger partial charge is 0.341 e. The van der Waals surface area contributed by atoms with E-state index < -0.39 is 10.0 Å². The lowest BCUT2D eigenvalue weighted by molar-refractivity contribution is -0.132. The molecule has 0 saturated carbocycles. The van der Waals surface area contributed by atoms with Crippen LogP contribution in [0.15, 0.2) is 78.2 Å². The number of hydrogen-bond acceptors (Lipinski definition) is 5. The highest BCUT2D eigenvalue weighted by molar-refractivity contribution is 7.92. The van der Waals surface area contributed by atoms with Crippen LogP contribution in [0.4, 0.5) is 5.82 Å². The third-order valence-corrected chi connectivity index (χ3v) is 7.98. The van der Waals surface area contributed by atoms with E-state index in [0.29, 0.717) is 18.1 Å². The Labute approximate surface area is 208 Å². The number of rotatable bonds is 6. The zero-order valence-electron chi connectivity index (χ0n) is 18.8. The van der Waals surface area contributed by atoms with Gasteiger partial charge in [0.1, 0.15) is 18.7 Å². The molecule has 35 heavy (non-hydrogen) atoms. The van der Waals surface area contributed by atoms with Gasteiger partial charge < -0.3 is 9.47 Å². The number of likely N-dealkylation sites (tertiary alicyclic amines) is 1. The number of carbonyl (C=O) groups excluding carboxylic acids is 1. The number of sulfonamides is 1. The second-order valence-electron chi connectivity index (χ2n) is 8.57. The number of fused-ring (bicyclic) bond motifs is 1. The summed E-state index contributed by atoms with van der Waals surface area (Å²) in [6.07, 6.45) is 6.33. The number of halogens is 1. The Hall–Kier alpha value is -3.43. The molecule has 0 bridgehead atoms. The highest BCUT2D eigenvalue weighted by atomic mass is 35.5. The maximum Gasteiger partial charge on any atom is 0.263 e. The number of nitrogens with one attached hydrogen (secondary N) is 1. The summed E-state index contributed by atoms with van der Waals surface area (Å²) >= 11 is 6.13. The van der Waals surface area contributed by atoms with Crippen LogP contribution in [0.1, 0.15) is 24.3 Å². The van der Waals surface area contributed by atoms with Gasteiger partial charge in [0.15, 0.2) is 0 Å². The Bertz CT molecular complexity index is 1450.